The molecular formula is C30H23BrClN5O7S2. The monoisotopic (exact) mass is 743 g/mol. The fourth-order valence-electron chi connectivity index (χ4n) is 4.02. The van der Waals surface area contributed by atoms with Gasteiger partial charge in [0.15, 0.2) is 11.8 Å². The lowest BCUT2D eigenvalue weighted by Crippen LogP contribution is -2.28. The number of anilines is 1. The van der Waals surface area contributed by atoms with Crippen molar-refractivity contribution in [3.8, 4) is 11.5 Å². The van der Waals surface area contributed by atoms with Crippen LogP contribution in [0.15, 0.2) is 108 Å². The number of phenols is 1. The Morgan fingerprint density at radius 2 is 1.91 bits per heavy atom. The lowest BCUT2D eigenvalue weighted by Gasteiger charge is -2.13. The van der Waals surface area contributed by atoms with Gasteiger partial charge in [-0.2, -0.15) is 5.10 Å². The molecule has 2 amide bonds. The number of carbonyl (C=O) groups excluding carboxylic acids is 2. The number of ether oxygens (including phenoxy) is 1. The van der Waals surface area contributed by atoms with Crippen molar-refractivity contribution in [1.29, 1.82) is 0 Å². The van der Waals surface area contributed by atoms with Gasteiger partial charge in [-0.3, -0.25) is 14.5 Å². The molecule has 1 aliphatic rings. The molecule has 1 saturated heterocycles. The van der Waals surface area contributed by atoms with Crippen LogP contribution < -0.4 is 15.2 Å². The molecule has 12 nitrogen and oxygen atoms in total. The van der Waals surface area contributed by atoms with Crippen LogP contribution in [0.5, 0.6) is 11.5 Å². The highest BCUT2D eigenvalue weighted by atomic mass is 79.9. The van der Waals surface area contributed by atoms with Crippen LogP contribution in [0.1, 0.15) is 16.9 Å². The highest BCUT2D eigenvalue weighted by Crippen LogP contribution is 2.36. The first kappa shape index (κ1) is 33.0. The van der Waals surface area contributed by atoms with Gasteiger partial charge in [0.25, 0.3) is 11.8 Å². The van der Waals surface area contributed by atoms with Gasteiger partial charge in [-0.1, -0.05) is 27.5 Å². The number of furan rings is 1. The van der Waals surface area contributed by atoms with E-state index < -0.39 is 15.9 Å². The number of amidine groups is 1. The number of nitrogens with one attached hydrogen (secondary N) is 1. The number of nitrogens with two attached hydrogens (primary N) is 1. The Labute approximate surface area is 280 Å². The first-order valence-corrected chi connectivity index (χ1v) is 16.7. The average molecular weight is 745 g/mol. The summed E-state index contributed by atoms with van der Waals surface area (Å²) in [5, 5.41) is 26.8. The van der Waals surface area contributed by atoms with Crippen molar-refractivity contribution < 1.29 is 32.3 Å². The van der Waals surface area contributed by atoms with Crippen LogP contribution in [0.2, 0.25) is 5.02 Å². The van der Waals surface area contributed by atoms with Crippen molar-refractivity contribution in [3.63, 3.8) is 0 Å². The van der Waals surface area contributed by atoms with Crippen LogP contribution in [0.3, 0.4) is 0 Å². The number of rotatable bonds is 10. The maximum Gasteiger partial charge on any atom is 0.267 e. The number of benzene rings is 3. The molecule has 46 heavy (non-hydrogen) atoms. The molecule has 0 bridgehead atoms. The number of halogens is 2. The molecule has 0 saturated carbocycles. The fourth-order valence-corrected chi connectivity index (χ4v) is 6.02. The number of aromatic hydroxyl groups is 1. The Bertz CT molecular complexity index is 1980. The third kappa shape index (κ3) is 8.44. The highest BCUT2D eigenvalue weighted by molar-refractivity contribution is 9.10. The molecule has 4 N–H and O–H groups in total. The highest BCUT2D eigenvalue weighted by Gasteiger charge is 2.34. The van der Waals surface area contributed by atoms with E-state index in [9.17, 15) is 23.1 Å². The summed E-state index contributed by atoms with van der Waals surface area (Å²) in [5.41, 5.74) is 1.20. The normalized spacial score (nSPS) is 15.3. The van der Waals surface area contributed by atoms with E-state index in [1.807, 2.05) is 0 Å². The second-order valence-electron chi connectivity index (χ2n) is 9.50. The zero-order chi connectivity index (χ0) is 32.8. The maximum atomic E-state index is 13.6. The van der Waals surface area contributed by atoms with Gasteiger partial charge in [0, 0.05) is 26.3 Å². The number of thioether (sulfide) groups is 1. The van der Waals surface area contributed by atoms with Crippen LogP contribution in [-0.2, 0) is 26.2 Å². The molecular weight excluding hydrogens is 722 g/mol. The summed E-state index contributed by atoms with van der Waals surface area (Å²) in [6.45, 7) is -0.286. The van der Waals surface area contributed by atoms with E-state index in [-0.39, 0.29) is 34.9 Å². The Balaban J connectivity index is 1.35. The second-order valence-corrected chi connectivity index (χ2v) is 13.4. The van der Waals surface area contributed by atoms with E-state index in [1.165, 1.54) is 59.8 Å². The van der Waals surface area contributed by atoms with Gasteiger partial charge in [0.2, 0.25) is 10.0 Å². The van der Waals surface area contributed by atoms with Crippen LogP contribution in [0.25, 0.3) is 6.08 Å². The predicted molar refractivity (Wildman–Crippen MR) is 179 cm³/mol. The van der Waals surface area contributed by atoms with Crippen molar-refractivity contribution >= 4 is 84.3 Å². The van der Waals surface area contributed by atoms with Crippen molar-refractivity contribution in [1.82, 2.24) is 4.90 Å². The Morgan fingerprint density at radius 1 is 1.13 bits per heavy atom. The molecule has 5 rings (SSSR count). The van der Waals surface area contributed by atoms with Crippen LogP contribution in [0.4, 0.5) is 5.69 Å². The van der Waals surface area contributed by atoms with Gasteiger partial charge in [-0.25, -0.2) is 13.6 Å². The molecule has 4 aromatic rings. The molecule has 0 aliphatic carbocycles. The fraction of sp³-hybridized carbons (Fsp3) is 0.0667. The molecule has 0 radical (unpaired) electrons. The quantitative estimate of drug-likeness (QED) is 0.107. The first-order valence-electron chi connectivity index (χ1n) is 13.1. The van der Waals surface area contributed by atoms with Crippen molar-refractivity contribution in [2.45, 2.75) is 11.4 Å². The molecule has 1 aliphatic heterocycles. The number of carbonyl (C=O) groups is 2. The number of sulfonamides is 1. The first-order chi connectivity index (χ1) is 22.0. The van der Waals surface area contributed by atoms with Gasteiger partial charge in [-0.15, -0.1) is 5.10 Å². The summed E-state index contributed by atoms with van der Waals surface area (Å²) in [6.07, 6.45) is 4.44. The minimum absolute atomic E-state index is 0.0349. The zero-order valence-corrected chi connectivity index (χ0v) is 27.4. The molecule has 0 atom stereocenters. The summed E-state index contributed by atoms with van der Waals surface area (Å²) in [4.78, 5) is 27.8. The minimum atomic E-state index is -3.86. The average Bonchev–Trinajstić information content (AvgIpc) is 3.63. The number of primary sulfonamides is 1. The van der Waals surface area contributed by atoms with Gasteiger partial charge in [0.1, 0.15) is 17.3 Å². The summed E-state index contributed by atoms with van der Waals surface area (Å²) in [6, 6.07) is 18.4. The molecule has 3 aromatic carbocycles. The van der Waals surface area contributed by atoms with Gasteiger partial charge < -0.3 is 19.6 Å². The van der Waals surface area contributed by atoms with Gasteiger partial charge in [0.05, 0.1) is 28.8 Å². The largest absolute Gasteiger partial charge is 0.507 e. The standard InChI is InChI=1S/C30H23BrClN5O7S2/c31-20-3-10-26(44-17-28(39)35-22-5-7-24(8-6-22)46(33,41)42)18(12-20)14-27-29(40)37(16-23-2-1-11-43-23)30(45-27)36-34-15-19-13-21(32)4-9-25(19)38/h1-15,38H,16-17H2,(H,35,39)(H2,33,41,42)/b27-14-,34-15+,36-30-. The van der Waals surface area contributed by atoms with Crippen LogP contribution >= 0.6 is 39.3 Å². The Hall–Kier alpha value is -4.41. The number of phenolic OH excluding ortho intramolecular Hbond substituents is 1. The minimum Gasteiger partial charge on any atom is -0.507 e. The van der Waals surface area contributed by atoms with Crippen LogP contribution in [0, 0.1) is 0 Å². The lowest BCUT2D eigenvalue weighted by atomic mass is 10.2. The zero-order valence-electron chi connectivity index (χ0n) is 23.5. The van der Waals surface area contributed by atoms with Crippen molar-refractivity contribution in [3.05, 3.63) is 110 Å². The van der Waals surface area contributed by atoms with Gasteiger partial charge >= 0.3 is 0 Å². The van der Waals surface area contributed by atoms with E-state index in [4.69, 9.17) is 25.9 Å². The predicted octanol–water partition coefficient (Wildman–Crippen LogP) is 5.57. The number of hydrogen-bond donors (Lipinski definition) is 3. The Morgan fingerprint density at radius 3 is 2.63 bits per heavy atom. The number of nitrogens with zero attached hydrogens (tertiary/aromatic N) is 3. The number of hydrogen-bond acceptors (Lipinski definition) is 10. The van der Waals surface area contributed by atoms with E-state index in [0.717, 1.165) is 11.8 Å². The van der Waals surface area contributed by atoms with Crippen molar-refractivity contribution in [2.75, 3.05) is 11.9 Å². The molecule has 2 heterocycles. The third-order valence-electron chi connectivity index (χ3n) is 6.20. The van der Waals surface area contributed by atoms with E-state index in [0.29, 0.717) is 42.7 Å². The SMILES string of the molecule is NS(=O)(=O)c1ccc(NC(=O)COc2ccc(Br)cc2/C=C2\S/C(=N\N=C\c3cc(Cl)ccc3O)N(Cc3ccco3)C2=O)cc1. The van der Waals surface area contributed by atoms with Crippen molar-refractivity contribution in [2.24, 2.45) is 15.3 Å². The smallest absolute Gasteiger partial charge is 0.267 e. The van der Waals surface area contributed by atoms with Crippen LogP contribution in [-0.4, -0.2) is 48.2 Å². The molecule has 1 aromatic heterocycles. The summed E-state index contributed by atoms with van der Waals surface area (Å²) in [7, 11) is -3.86. The van der Waals surface area contributed by atoms with Gasteiger partial charge in [-0.05, 0) is 90.6 Å². The summed E-state index contributed by atoms with van der Waals surface area (Å²) < 4.78 is 34.9. The topological polar surface area (TPSA) is 177 Å². The summed E-state index contributed by atoms with van der Waals surface area (Å²) >= 11 is 10.5. The molecule has 0 unspecified atom stereocenters. The molecule has 236 valence electrons. The molecule has 0 spiro atoms. The van der Waals surface area contributed by atoms with E-state index in [2.05, 4.69) is 31.4 Å². The Kier molecular flexibility index (Phi) is 10.3. The maximum absolute atomic E-state index is 13.6. The lowest BCUT2D eigenvalue weighted by molar-refractivity contribution is -0.122. The number of amides is 2. The molecule has 16 heteroatoms. The third-order valence-corrected chi connectivity index (χ3v) is 8.85. The molecule has 1 fully saturated rings. The van der Waals surface area contributed by atoms with E-state index >= 15 is 0 Å². The second kappa shape index (κ2) is 14.3. The van der Waals surface area contributed by atoms with E-state index in [1.54, 1.807) is 36.4 Å². The summed E-state index contributed by atoms with van der Waals surface area (Å²) in [5.74, 6) is -0.0591.